The Labute approximate surface area is 204 Å². The smallest absolute Gasteiger partial charge is 0.257 e. The molecule has 1 amide bonds. The first kappa shape index (κ1) is 22.5. The SMILES string of the molecule is COc1c(Cl)cccc1Nc1cc(Cc2ccc(N3CCCCC3)cn2)nc2c1C(=O)N(C)C2. The Morgan fingerprint density at radius 1 is 1.09 bits per heavy atom. The van der Waals surface area contributed by atoms with Gasteiger partial charge in [0.1, 0.15) is 0 Å². The van der Waals surface area contributed by atoms with Crippen LogP contribution in [-0.4, -0.2) is 48.0 Å². The summed E-state index contributed by atoms with van der Waals surface area (Å²) in [5.74, 6) is 0.478. The molecule has 34 heavy (non-hydrogen) atoms. The molecule has 0 aliphatic carbocycles. The van der Waals surface area contributed by atoms with Gasteiger partial charge in [-0.15, -0.1) is 0 Å². The largest absolute Gasteiger partial charge is 0.493 e. The predicted molar refractivity (Wildman–Crippen MR) is 134 cm³/mol. The fourth-order valence-electron chi connectivity index (χ4n) is 4.69. The molecule has 0 unspecified atom stereocenters. The van der Waals surface area contributed by atoms with E-state index < -0.39 is 0 Å². The number of amides is 1. The highest BCUT2D eigenvalue weighted by molar-refractivity contribution is 6.32. The van der Waals surface area contributed by atoms with E-state index in [1.165, 1.54) is 24.9 Å². The van der Waals surface area contributed by atoms with Gasteiger partial charge in [0, 0.05) is 37.9 Å². The number of halogens is 1. The van der Waals surface area contributed by atoms with E-state index in [-0.39, 0.29) is 5.91 Å². The average molecular weight is 478 g/mol. The number of hydrogen-bond acceptors (Lipinski definition) is 6. The number of fused-ring (bicyclic) bond motifs is 1. The molecule has 3 aromatic rings. The number of piperidine rings is 1. The van der Waals surface area contributed by atoms with E-state index in [0.29, 0.717) is 40.7 Å². The van der Waals surface area contributed by atoms with Gasteiger partial charge in [0.25, 0.3) is 5.91 Å². The van der Waals surface area contributed by atoms with Crippen LogP contribution in [0.4, 0.5) is 17.1 Å². The van der Waals surface area contributed by atoms with E-state index in [1.54, 1.807) is 25.1 Å². The molecule has 2 aliphatic rings. The van der Waals surface area contributed by atoms with E-state index in [4.69, 9.17) is 26.3 Å². The third kappa shape index (κ3) is 4.40. The van der Waals surface area contributed by atoms with Crippen LogP contribution in [0, 0.1) is 0 Å². The molecule has 8 heteroatoms. The standard InChI is InChI=1S/C26H28ClN5O2/c1-31-16-23-24(26(31)33)22(30-21-8-6-7-20(27)25(21)34-2)14-18(29-23)13-17-9-10-19(15-28-17)32-11-4-3-5-12-32/h6-10,14-15H,3-5,11-13,16H2,1-2H3,(H,29,30). The number of benzene rings is 1. The number of aromatic nitrogens is 2. The van der Waals surface area contributed by atoms with Crippen molar-refractivity contribution in [2.45, 2.75) is 32.2 Å². The average Bonchev–Trinajstić information content (AvgIpc) is 3.13. The quantitative estimate of drug-likeness (QED) is 0.535. The molecule has 0 bridgehead atoms. The fourth-order valence-corrected chi connectivity index (χ4v) is 4.94. The van der Waals surface area contributed by atoms with Gasteiger partial charge in [-0.25, -0.2) is 0 Å². The first-order valence-corrected chi connectivity index (χ1v) is 12.0. The highest BCUT2D eigenvalue weighted by atomic mass is 35.5. The molecule has 2 aliphatic heterocycles. The van der Waals surface area contributed by atoms with Crippen molar-refractivity contribution in [3.8, 4) is 5.75 Å². The minimum atomic E-state index is -0.0541. The lowest BCUT2D eigenvalue weighted by Crippen LogP contribution is -2.29. The maximum atomic E-state index is 12.9. The van der Waals surface area contributed by atoms with Crippen molar-refractivity contribution in [3.63, 3.8) is 0 Å². The number of pyridine rings is 2. The maximum Gasteiger partial charge on any atom is 0.257 e. The van der Waals surface area contributed by atoms with Crippen molar-refractivity contribution in [2.75, 3.05) is 37.5 Å². The Morgan fingerprint density at radius 3 is 2.65 bits per heavy atom. The fraction of sp³-hybridized carbons (Fsp3) is 0.346. The zero-order valence-corrected chi connectivity index (χ0v) is 20.2. The summed E-state index contributed by atoms with van der Waals surface area (Å²) >= 11 is 6.31. The highest BCUT2D eigenvalue weighted by Crippen LogP contribution is 2.37. The van der Waals surface area contributed by atoms with Gasteiger partial charge in [-0.1, -0.05) is 17.7 Å². The van der Waals surface area contributed by atoms with Gasteiger partial charge in [0.05, 0.1) is 53.2 Å². The molecule has 1 saturated heterocycles. The summed E-state index contributed by atoms with van der Waals surface area (Å²) in [5.41, 5.74) is 5.70. The van der Waals surface area contributed by atoms with Gasteiger partial charge < -0.3 is 19.9 Å². The number of carbonyl (C=O) groups excluding carboxylic acids is 1. The van der Waals surface area contributed by atoms with Gasteiger partial charge in [0.15, 0.2) is 5.75 Å². The van der Waals surface area contributed by atoms with Crippen molar-refractivity contribution < 1.29 is 9.53 Å². The first-order valence-electron chi connectivity index (χ1n) is 11.6. The molecule has 2 aromatic heterocycles. The monoisotopic (exact) mass is 477 g/mol. The van der Waals surface area contributed by atoms with Gasteiger partial charge in [-0.2, -0.15) is 0 Å². The van der Waals surface area contributed by atoms with E-state index >= 15 is 0 Å². The Balaban J connectivity index is 1.44. The predicted octanol–water partition coefficient (Wildman–Crippen LogP) is 5.05. The second kappa shape index (κ2) is 9.50. The van der Waals surface area contributed by atoms with Crippen LogP contribution in [0.5, 0.6) is 5.75 Å². The molecule has 5 rings (SSSR count). The molecule has 0 radical (unpaired) electrons. The molecule has 176 valence electrons. The highest BCUT2D eigenvalue weighted by Gasteiger charge is 2.30. The number of nitrogens with zero attached hydrogens (tertiary/aromatic N) is 4. The Bertz CT molecular complexity index is 1210. The normalized spacial score (nSPS) is 15.4. The van der Waals surface area contributed by atoms with Crippen LogP contribution in [0.2, 0.25) is 5.02 Å². The molecule has 0 saturated carbocycles. The van der Waals surface area contributed by atoms with Crippen LogP contribution in [0.1, 0.15) is 46.7 Å². The molecular weight excluding hydrogens is 450 g/mol. The summed E-state index contributed by atoms with van der Waals surface area (Å²) in [4.78, 5) is 26.5. The summed E-state index contributed by atoms with van der Waals surface area (Å²) in [5, 5.41) is 3.87. The van der Waals surface area contributed by atoms with Crippen molar-refractivity contribution in [3.05, 3.63) is 70.3 Å². The first-order chi connectivity index (χ1) is 16.5. The number of ether oxygens (including phenoxy) is 1. The van der Waals surface area contributed by atoms with Crippen molar-refractivity contribution in [2.24, 2.45) is 0 Å². The summed E-state index contributed by atoms with van der Waals surface area (Å²) < 4.78 is 5.48. The van der Waals surface area contributed by atoms with Crippen LogP contribution in [0.3, 0.4) is 0 Å². The molecule has 7 nitrogen and oxygen atoms in total. The number of nitrogens with one attached hydrogen (secondary N) is 1. The van der Waals surface area contributed by atoms with Gasteiger partial charge in [-0.05, 0) is 49.6 Å². The molecular formula is C26H28ClN5O2. The van der Waals surface area contributed by atoms with Gasteiger partial charge in [-0.3, -0.25) is 14.8 Å². The van der Waals surface area contributed by atoms with E-state index in [9.17, 15) is 4.79 Å². The number of rotatable bonds is 6. The maximum absolute atomic E-state index is 12.9. The summed E-state index contributed by atoms with van der Waals surface area (Å²) in [6.07, 6.45) is 6.32. The zero-order valence-electron chi connectivity index (χ0n) is 19.5. The van der Waals surface area contributed by atoms with Crippen molar-refractivity contribution in [1.29, 1.82) is 0 Å². The minimum absolute atomic E-state index is 0.0541. The molecule has 4 heterocycles. The number of methoxy groups -OCH3 is 1. The Hall–Kier alpha value is -3.32. The van der Waals surface area contributed by atoms with Gasteiger partial charge >= 0.3 is 0 Å². The van der Waals surface area contributed by atoms with Crippen LogP contribution in [-0.2, 0) is 13.0 Å². The third-order valence-electron chi connectivity index (χ3n) is 6.43. The number of anilines is 3. The second-order valence-electron chi connectivity index (χ2n) is 8.82. The molecule has 0 spiro atoms. The van der Waals surface area contributed by atoms with E-state index in [2.05, 4.69) is 22.3 Å². The molecule has 1 fully saturated rings. The lowest BCUT2D eigenvalue weighted by Gasteiger charge is -2.28. The molecule has 1 aromatic carbocycles. The topological polar surface area (TPSA) is 70.6 Å². The number of hydrogen-bond donors (Lipinski definition) is 1. The van der Waals surface area contributed by atoms with Crippen LogP contribution in [0.25, 0.3) is 0 Å². The van der Waals surface area contributed by atoms with Crippen molar-refractivity contribution >= 4 is 34.6 Å². The number of carbonyl (C=O) groups is 1. The Morgan fingerprint density at radius 2 is 1.91 bits per heavy atom. The van der Waals surface area contributed by atoms with E-state index in [0.717, 1.165) is 30.2 Å². The van der Waals surface area contributed by atoms with Crippen LogP contribution in [0.15, 0.2) is 42.6 Å². The van der Waals surface area contributed by atoms with Crippen LogP contribution < -0.4 is 15.0 Å². The lowest BCUT2D eigenvalue weighted by atomic mass is 10.1. The zero-order chi connectivity index (χ0) is 23.7. The summed E-state index contributed by atoms with van der Waals surface area (Å²) in [6.45, 7) is 2.67. The van der Waals surface area contributed by atoms with E-state index in [1.807, 2.05) is 24.4 Å². The molecule has 1 N–H and O–H groups in total. The van der Waals surface area contributed by atoms with Gasteiger partial charge in [0.2, 0.25) is 0 Å². The summed E-state index contributed by atoms with van der Waals surface area (Å²) in [7, 11) is 3.36. The van der Waals surface area contributed by atoms with Crippen molar-refractivity contribution in [1.82, 2.24) is 14.9 Å². The summed E-state index contributed by atoms with van der Waals surface area (Å²) in [6, 6.07) is 11.6. The lowest BCUT2D eigenvalue weighted by molar-refractivity contribution is 0.0817. The third-order valence-corrected chi connectivity index (χ3v) is 6.73. The second-order valence-corrected chi connectivity index (χ2v) is 9.23. The van der Waals surface area contributed by atoms with Crippen LogP contribution >= 0.6 is 11.6 Å². The Kier molecular flexibility index (Phi) is 6.28. The number of para-hydroxylation sites is 1. The minimum Gasteiger partial charge on any atom is -0.493 e. The molecule has 0 atom stereocenters.